The number of anilines is 1. The molecule has 1 N–H and O–H groups in total. The molecule has 6 nitrogen and oxygen atoms in total. The summed E-state index contributed by atoms with van der Waals surface area (Å²) in [4.78, 5) is 12.0. The molecule has 0 aliphatic heterocycles. The lowest BCUT2D eigenvalue weighted by molar-refractivity contribution is -0.137. The molecule has 128 valence electrons. The van der Waals surface area contributed by atoms with Crippen molar-refractivity contribution in [2.45, 2.75) is 30.2 Å². The number of carbonyl (C=O) groups is 1. The number of hydrogen-bond donors (Lipinski definition) is 1. The van der Waals surface area contributed by atoms with Crippen molar-refractivity contribution in [3.63, 3.8) is 0 Å². The minimum Gasteiger partial charge on any atom is -0.324 e. The molecule has 11 heteroatoms. The highest BCUT2D eigenvalue weighted by molar-refractivity contribution is 7.99. The summed E-state index contributed by atoms with van der Waals surface area (Å²) in [6.45, 7) is 0. The zero-order valence-corrected chi connectivity index (χ0v) is 13.6. The van der Waals surface area contributed by atoms with E-state index in [0.29, 0.717) is 5.16 Å². The molecule has 1 aliphatic rings. The second kappa shape index (κ2) is 6.60. The second-order valence-electron chi connectivity index (χ2n) is 5.17. The first-order chi connectivity index (χ1) is 11.3. The molecule has 0 bridgehead atoms. The number of nitrogens with one attached hydrogen (secondary N) is 1. The van der Waals surface area contributed by atoms with Crippen LogP contribution in [0.5, 0.6) is 0 Å². The quantitative estimate of drug-likeness (QED) is 0.808. The van der Waals surface area contributed by atoms with Gasteiger partial charge in [0.1, 0.15) is 0 Å². The van der Waals surface area contributed by atoms with Crippen LogP contribution in [0.4, 0.5) is 18.9 Å². The van der Waals surface area contributed by atoms with Gasteiger partial charge in [-0.25, -0.2) is 4.68 Å². The van der Waals surface area contributed by atoms with E-state index in [1.165, 1.54) is 0 Å². The molecule has 0 radical (unpaired) electrons. The van der Waals surface area contributed by atoms with Crippen molar-refractivity contribution in [1.82, 2.24) is 20.2 Å². The number of tetrazole rings is 1. The molecule has 0 saturated heterocycles. The zero-order valence-electron chi connectivity index (χ0n) is 12.0. The molecule has 1 aliphatic carbocycles. The largest absolute Gasteiger partial charge is 0.416 e. The minimum atomic E-state index is -4.51. The lowest BCUT2D eigenvalue weighted by atomic mass is 10.2. The number of thioether (sulfide) groups is 1. The van der Waals surface area contributed by atoms with Gasteiger partial charge in [-0.05, 0) is 41.5 Å². The molecule has 1 amide bonds. The van der Waals surface area contributed by atoms with E-state index >= 15 is 0 Å². The second-order valence-corrected chi connectivity index (χ2v) is 6.52. The highest BCUT2D eigenvalue weighted by atomic mass is 35.5. The van der Waals surface area contributed by atoms with Gasteiger partial charge in [0.25, 0.3) is 0 Å². The van der Waals surface area contributed by atoms with E-state index in [4.69, 9.17) is 11.6 Å². The molecule has 1 saturated carbocycles. The van der Waals surface area contributed by atoms with Crippen LogP contribution in [0.25, 0.3) is 0 Å². The number of rotatable bonds is 5. The van der Waals surface area contributed by atoms with Crippen LogP contribution in [0.15, 0.2) is 23.4 Å². The topological polar surface area (TPSA) is 72.7 Å². The van der Waals surface area contributed by atoms with E-state index in [1.54, 1.807) is 4.68 Å². The predicted molar refractivity (Wildman–Crippen MR) is 81.9 cm³/mol. The first-order valence-corrected chi connectivity index (χ1v) is 8.28. The summed E-state index contributed by atoms with van der Waals surface area (Å²) >= 11 is 6.95. The number of nitrogens with zero attached hydrogens (tertiary/aromatic N) is 4. The number of carbonyl (C=O) groups excluding carboxylic acids is 1. The van der Waals surface area contributed by atoms with Crippen LogP contribution in [-0.4, -0.2) is 31.9 Å². The molecule has 24 heavy (non-hydrogen) atoms. The van der Waals surface area contributed by atoms with E-state index < -0.39 is 17.6 Å². The van der Waals surface area contributed by atoms with Crippen LogP contribution in [-0.2, 0) is 11.0 Å². The average molecular weight is 378 g/mol. The van der Waals surface area contributed by atoms with Gasteiger partial charge < -0.3 is 5.32 Å². The minimum absolute atomic E-state index is 0.0316. The maximum atomic E-state index is 12.7. The standard InChI is InChI=1S/C13H11ClF3N5OS/c14-9-4-1-7(13(15,16)17)5-10(9)18-11(23)6-24-12-19-20-21-22(12)8-2-3-8/h1,4-5,8H,2-3,6H2,(H,18,23). The summed E-state index contributed by atoms with van der Waals surface area (Å²) in [5, 5.41) is 14.2. The summed E-state index contributed by atoms with van der Waals surface area (Å²) in [6.07, 6.45) is -2.53. The molecule has 1 heterocycles. The van der Waals surface area contributed by atoms with E-state index in [9.17, 15) is 18.0 Å². The Morgan fingerprint density at radius 2 is 2.17 bits per heavy atom. The average Bonchev–Trinajstić information content (AvgIpc) is 3.25. The van der Waals surface area contributed by atoms with Crippen molar-refractivity contribution in [2.24, 2.45) is 0 Å². The number of alkyl halides is 3. The highest BCUT2D eigenvalue weighted by Crippen LogP contribution is 2.36. The van der Waals surface area contributed by atoms with E-state index in [0.717, 1.165) is 42.8 Å². The molecule has 0 atom stereocenters. The van der Waals surface area contributed by atoms with Crippen LogP contribution >= 0.6 is 23.4 Å². The van der Waals surface area contributed by atoms with Crippen molar-refractivity contribution in [1.29, 1.82) is 0 Å². The Labute approximate surface area is 143 Å². The first-order valence-electron chi connectivity index (χ1n) is 6.92. The van der Waals surface area contributed by atoms with Gasteiger partial charge in [-0.15, -0.1) is 5.10 Å². The zero-order chi connectivity index (χ0) is 17.3. The van der Waals surface area contributed by atoms with Crippen LogP contribution < -0.4 is 5.32 Å². The number of aromatic nitrogens is 4. The number of hydrogen-bond acceptors (Lipinski definition) is 5. The molecule has 1 aromatic carbocycles. The third kappa shape index (κ3) is 3.99. The SMILES string of the molecule is O=C(CSc1nnnn1C1CC1)Nc1cc(C(F)(F)F)ccc1Cl. The maximum Gasteiger partial charge on any atom is 0.416 e. The van der Waals surface area contributed by atoms with Gasteiger partial charge in [-0.3, -0.25) is 4.79 Å². The monoisotopic (exact) mass is 377 g/mol. The van der Waals surface area contributed by atoms with Gasteiger partial charge in [0.05, 0.1) is 28.1 Å². The fourth-order valence-corrected chi connectivity index (χ4v) is 2.85. The van der Waals surface area contributed by atoms with Crippen molar-refractivity contribution >= 4 is 35.0 Å². The molecular weight excluding hydrogens is 367 g/mol. The highest BCUT2D eigenvalue weighted by Gasteiger charge is 2.31. The Balaban J connectivity index is 1.63. The maximum absolute atomic E-state index is 12.7. The summed E-state index contributed by atoms with van der Waals surface area (Å²) < 4.78 is 39.8. The van der Waals surface area contributed by atoms with E-state index in [1.807, 2.05) is 0 Å². The Kier molecular flexibility index (Phi) is 4.68. The molecule has 2 aromatic rings. The third-order valence-electron chi connectivity index (χ3n) is 3.26. The van der Waals surface area contributed by atoms with Crippen molar-refractivity contribution in [2.75, 3.05) is 11.1 Å². The first kappa shape index (κ1) is 17.0. The normalized spacial score (nSPS) is 14.7. The van der Waals surface area contributed by atoms with Crippen LogP contribution in [0.3, 0.4) is 0 Å². The lowest BCUT2D eigenvalue weighted by Crippen LogP contribution is -2.16. The Bertz CT molecular complexity index is 762. The number of halogens is 4. The van der Waals surface area contributed by atoms with Gasteiger partial charge in [0.2, 0.25) is 11.1 Å². The predicted octanol–water partition coefficient (Wildman–Crippen LogP) is 3.41. The summed E-state index contributed by atoms with van der Waals surface area (Å²) in [6, 6.07) is 3.03. The Morgan fingerprint density at radius 1 is 1.42 bits per heavy atom. The molecule has 1 aromatic heterocycles. The summed E-state index contributed by atoms with van der Waals surface area (Å²) in [5.41, 5.74) is -0.966. The lowest BCUT2D eigenvalue weighted by Gasteiger charge is -2.11. The molecule has 0 unspecified atom stereocenters. The fraction of sp³-hybridized carbons (Fsp3) is 0.385. The van der Waals surface area contributed by atoms with Crippen molar-refractivity contribution in [3.8, 4) is 0 Å². The fourth-order valence-electron chi connectivity index (χ4n) is 1.94. The third-order valence-corrected chi connectivity index (χ3v) is 4.52. The van der Waals surface area contributed by atoms with Gasteiger partial charge in [-0.1, -0.05) is 23.4 Å². The van der Waals surface area contributed by atoms with Crippen molar-refractivity contribution in [3.05, 3.63) is 28.8 Å². The van der Waals surface area contributed by atoms with Crippen molar-refractivity contribution < 1.29 is 18.0 Å². The van der Waals surface area contributed by atoms with Gasteiger partial charge in [-0.2, -0.15) is 13.2 Å². The Hall–Kier alpha value is -1.81. The van der Waals surface area contributed by atoms with Gasteiger partial charge in [0.15, 0.2) is 0 Å². The molecule has 3 rings (SSSR count). The van der Waals surface area contributed by atoms with Crippen LogP contribution in [0.1, 0.15) is 24.4 Å². The van der Waals surface area contributed by atoms with Gasteiger partial charge >= 0.3 is 6.18 Å². The summed E-state index contributed by atoms with van der Waals surface area (Å²) in [5.74, 6) is -0.536. The number of amides is 1. The van der Waals surface area contributed by atoms with Crippen LogP contribution in [0, 0.1) is 0 Å². The van der Waals surface area contributed by atoms with Crippen LogP contribution in [0.2, 0.25) is 5.02 Å². The molecular formula is C13H11ClF3N5OS. The number of benzene rings is 1. The Morgan fingerprint density at radius 3 is 2.83 bits per heavy atom. The summed E-state index contributed by atoms with van der Waals surface area (Å²) in [7, 11) is 0. The van der Waals surface area contributed by atoms with E-state index in [2.05, 4.69) is 20.8 Å². The van der Waals surface area contributed by atoms with Gasteiger partial charge in [0, 0.05) is 0 Å². The molecule has 1 fully saturated rings. The smallest absolute Gasteiger partial charge is 0.324 e. The van der Waals surface area contributed by atoms with E-state index in [-0.39, 0.29) is 22.5 Å². The molecule has 0 spiro atoms.